The molecule has 0 saturated carbocycles. The van der Waals surface area contributed by atoms with Crippen LogP contribution in [0.1, 0.15) is 18.5 Å². The van der Waals surface area contributed by atoms with Crippen molar-refractivity contribution >= 4 is 6.03 Å². The van der Waals surface area contributed by atoms with E-state index in [-0.39, 0.29) is 6.61 Å². The third-order valence-electron chi connectivity index (χ3n) is 2.54. The minimum Gasteiger partial charge on any atom is -0.382 e. The van der Waals surface area contributed by atoms with Gasteiger partial charge >= 0.3 is 6.03 Å². The van der Waals surface area contributed by atoms with E-state index in [0.717, 1.165) is 17.7 Å². The maximum Gasteiger partial charge on any atom is 0.315 e. The lowest BCUT2D eigenvalue weighted by Gasteiger charge is -2.19. The first-order valence-electron chi connectivity index (χ1n) is 6.06. The highest BCUT2D eigenvalue weighted by Gasteiger charge is 2.16. The fourth-order valence-electron chi connectivity index (χ4n) is 1.56. The summed E-state index contributed by atoms with van der Waals surface area (Å²) in [5.74, 6) is -1.90. The lowest BCUT2D eigenvalue weighted by Crippen LogP contribution is -2.40. The molecule has 1 aromatic carbocycles. The second-order valence-electron chi connectivity index (χ2n) is 4.47. The van der Waals surface area contributed by atoms with Crippen LogP contribution in [0.2, 0.25) is 0 Å². The lowest BCUT2D eigenvalue weighted by molar-refractivity contribution is 0.166. The van der Waals surface area contributed by atoms with Gasteiger partial charge in [-0.15, -0.1) is 0 Å². The van der Waals surface area contributed by atoms with Crippen molar-refractivity contribution in [2.24, 2.45) is 0 Å². The average Bonchev–Trinajstić information content (AvgIpc) is 2.39. The summed E-state index contributed by atoms with van der Waals surface area (Å²) in [5, 5.41) is 5.22. The van der Waals surface area contributed by atoms with Crippen molar-refractivity contribution in [3.8, 4) is 0 Å². The van der Waals surface area contributed by atoms with E-state index in [1.54, 1.807) is 6.92 Å². The molecule has 1 atom stereocenters. The molecule has 4 nitrogen and oxygen atoms in total. The highest BCUT2D eigenvalue weighted by molar-refractivity contribution is 5.74. The topological polar surface area (TPSA) is 50.4 Å². The zero-order chi connectivity index (χ0) is 15.1. The fourth-order valence-corrected chi connectivity index (χ4v) is 1.56. The summed E-state index contributed by atoms with van der Waals surface area (Å²) >= 11 is 0. The predicted molar refractivity (Wildman–Crippen MR) is 72.3 cm³/mol. The monoisotopic (exact) mass is 284 g/mol. The van der Waals surface area contributed by atoms with Gasteiger partial charge in [-0.1, -0.05) is 18.2 Å². The molecule has 6 heteroatoms. The highest BCUT2D eigenvalue weighted by atomic mass is 19.2. The fraction of sp³-hybridized carbons (Fsp3) is 0.357. The van der Waals surface area contributed by atoms with Gasteiger partial charge in [0.2, 0.25) is 0 Å². The van der Waals surface area contributed by atoms with Crippen LogP contribution in [-0.2, 0) is 4.74 Å². The van der Waals surface area contributed by atoms with Crippen LogP contribution in [0.4, 0.5) is 13.6 Å². The van der Waals surface area contributed by atoms with Gasteiger partial charge in [0.15, 0.2) is 11.6 Å². The normalized spacial score (nSPS) is 11.8. The van der Waals surface area contributed by atoms with Crippen LogP contribution in [0, 0.1) is 11.6 Å². The number of hydrogen-bond donors (Lipinski definition) is 2. The van der Waals surface area contributed by atoms with Crippen LogP contribution in [0.25, 0.3) is 0 Å². The molecule has 110 valence electrons. The van der Waals surface area contributed by atoms with Crippen molar-refractivity contribution in [3.63, 3.8) is 0 Å². The first-order valence-corrected chi connectivity index (χ1v) is 6.06. The molecule has 0 bridgehead atoms. The van der Waals surface area contributed by atoms with Crippen molar-refractivity contribution in [1.29, 1.82) is 0 Å². The van der Waals surface area contributed by atoms with E-state index in [0.29, 0.717) is 12.1 Å². The number of ether oxygens (including phenoxy) is 1. The third-order valence-corrected chi connectivity index (χ3v) is 2.54. The number of hydrogen-bond acceptors (Lipinski definition) is 2. The molecule has 1 rings (SSSR count). The Hall–Kier alpha value is -1.95. The van der Waals surface area contributed by atoms with Gasteiger partial charge in [0.05, 0.1) is 12.6 Å². The highest BCUT2D eigenvalue weighted by Crippen LogP contribution is 2.16. The second-order valence-corrected chi connectivity index (χ2v) is 4.47. The number of carbonyl (C=O) groups excluding carboxylic acids is 1. The summed E-state index contributed by atoms with van der Waals surface area (Å²) in [4.78, 5) is 11.7. The number of benzene rings is 1. The quantitative estimate of drug-likeness (QED) is 0.789. The Morgan fingerprint density at radius 3 is 2.65 bits per heavy atom. The Kier molecular flexibility index (Phi) is 6.11. The van der Waals surface area contributed by atoms with Gasteiger partial charge in [-0.3, -0.25) is 0 Å². The number of amides is 2. The molecule has 0 saturated heterocycles. The zero-order valence-electron chi connectivity index (χ0n) is 11.5. The maximum absolute atomic E-state index is 13.2. The largest absolute Gasteiger partial charge is 0.382 e. The van der Waals surface area contributed by atoms with E-state index in [1.807, 2.05) is 0 Å². The minimum absolute atomic E-state index is 0.144. The number of rotatable bonds is 6. The van der Waals surface area contributed by atoms with Crippen LogP contribution in [0.5, 0.6) is 0 Å². The molecule has 0 aliphatic rings. The van der Waals surface area contributed by atoms with Crippen molar-refractivity contribution in [2.45, 2.75) is 13.0 Å². The zero-order valence-corrected chi connectivity index (χ0v) is 11.5. The molecule has 20 heavy (non-hydrogen) atoms. The third kappa shape index (κ3) is 4.97. The molecule has 1 unspecified atom stereocenters. The van der Waals surface area contributed by atoms with Crippen LogP contribution in [-0.4, -0.2) is 26.3 Å². The number of methoxy groups -OCH3 is 1. The summed E-state index contributed by atoms with van der Waals surface area (Å²) in [6.45, 7) is 5.92. The van der Waals surface area contributed by atoms with Crippen molar-refractivity contribution in [3.05, 3.63) is 47.5 Å². The number of halogens is 2. The van der Waals surface area contributed by atoms with E-state index in [4.69, 9.17) is 4.74 Å². The van der Waals surface area contributed by atoms with E-state index in [1.165, 1.54) is 13.2 Å². The Balaban J connectivity index is 2.75. The van der Waals surface area contributed by atoms with Crippen molar-refractivity contribution in [2.75, 3.05) is 20.3 Å². The summed E-state index contributed by atoms with van der Waals surface area (Å²) in [5.41, 5.74) is 1.23. The van der Waals surface area contributed by atoms with Crippen LogP contribution < -0.4 is 10.6 Å². The van der Waals surface area contributed by atoms with E-state index in [2.05, 4.69) is 17.2 Å². The lowest BCUT2D eigenvalue weighted by atomic mass is 10.1. The van der Waals surface area contributed by atoms with Gasteiger partial charge in [0.1, 0.15) is 0 Å². The van der Waals surface area contributed by atoms with Gasteiger partial charge in [0.25, 0.3) is 0 Å². The maximum atomic E-state index is 13.2. The predicted octanol–water partition coefficient (Wildman–Crippen LogP) is 2.53. The second kappa shape index (κ2) is 7.59. The number of urea groups is 1. The molecule has 2 N–H and O–H groups in total. The standard InChI is InChI=1S/C14H18F2N2O2/c1-9(2)7-17-14(19)18-13(8-20-3)10-4-5-11(15)12(16)6-10/h4-6,13H,1,7-8H2,2-3H3,(H2,17,18,19). The Labute approximate surface area is 116 Å². The molecule has 0 spiro atoms. The molecule has 0 aliphatic heterocycles. The molecule has 0 aromatic heterocycles. The van der Waals surface area contributed by atoms with Gasteiger partial charge in [0, 0.05) is 13.7 Å². The molecular weight excluding hydrogens is 266 g/mol. The Morgan fingerprint density at radius 1 is 1.40 bits per heavy atom. The minimum atomic E-state index is -0.965. The molecule has 2 amide bonds. The number of carbonyl (C=O) groups is 1. The first kappa shape index (κ1) is 16.1. The molecule has 0 aliphatic carbocycles. The summed E-state index contributed by atoms with van der Waals surface area (Å²) in [7, 11) is 1.46. The molecule has 0 heterocycles. The van der Waals surface area contributed by atoms with E-state index in [9.17, 15) is 13.6 Å². The summed E-state index contributed by atoms with van der Waals surface area (Å²) < 4.78 is 31.1. The molecular formula is C14H18F2N2O2. The van der Waals surface area contributed by atoms with Crippen LogP contribution in [0.15, 0.2) is 30.4 Å². The average molecular weight is 284 g/mol. The van der Waals surface area contributed by atoms with E-state index >= 15 is 0 Å². The van der Waals surface area contributed by atoms with Crippen molar-refractivity contribution in [1.82, 2.24) is 10.6 Å². The Bertz CT molecular complexity index is 492. The molecule has 0 fully saturated rings. The van der Waals surface area contributed by atoms with Gasteiger partial charge in [-0.05, 0) is 24.6 Å². The van der Waals surface area contributed by atoms with Gasteiger partial charge in [-0.25, -0.2) is 13.6 Å². The summed E-state index contributed by atoms with van der Waals surface area (Å²) in [6.07, 6.45) is 0. The smallest absolute Gasteiger partial charge is 0.315 e. The number of nitrogens with one attached hydrogen (secondary N) is 2. The first-order chi connectivity index (χ1) is 9.43. The van der Waals surface area contributed by atoms with E-state index < -0.39 is 23.7 Å². The molecule has 0 radical (unpaired) electrons. The molecule has 1 aromatic rings. The van der Waals surface area contributed by atoms with Gasteiger partial charge in [-0.2, -0.15) is 0 Å². The summed E-state index contributed by atoms with van der Waals surface area (Å²) in [6, 6.07) is 2.46. The SMILES string of the molecule is C=C(C)CNC(=O)NC(COC)c1ccc(F)c(F)c1. The Morgan fingerprint density at radius 2 is 2.10 bits per heavy atom. The van der Waals surface area contributed by atoms with Crippen LogP contribution in [0.3, 0.4) is 0 Å². The van der Waals surface area contributed by atoms with Crippen molar-refractivity contribution < 1.29 is 18.3 Å². The van der Waals surface area contributed by atoms with Crippen LogP contribution >= 0.6 is 0 Å². The van der Waals surface area contributed by atoms with Gasteiger partial charge < -0.3 is 15.4 Å².